The van der Waals surface area contributed by atoms with Crippen molar-refractivity contribution in [1.82, 2.24) is 0 Å². The molecule has 84 valence electrons. The van der Waals surface area contributed by atoms with Gasteiger partial charge in [-0.1, -0.05) is 0 Å². The number of aliphatic hydroxyl groups excluding tert-OH is 1. The Labute approximate surface area is 86.9 Å². The summed E-state index contributed by atoms with van der Waals surface area (Å²) in [5.41, 5.74) is 7.80. The van der Waals surface area contributed by atoms with Gasteiger partial charge < -0.3 is 21.7 Å². The van der Waals surface area contributed by atoms with E-state index in [-0.39, 0.29) is 0 Å². The lowest BCUT2D eigenvalue weighted by Crippen LogP contribution is -2.37. The number of aliphatic hydroxyl groups is 2. The van der Waals surface area contributed by atoms with Crippen molar-refractivity contribution in [3.63, 3.8) is 0 Å². The van der Waals surface area contributed by atoms with Gasteiger partial charge in [0.25, 0.3) is 0 Å². The molecule has 0 saturated carbocycles. The van der Waals surface area contributed by atoms with Gasteiger partial charge in [-0.25, -0.2) is 0 Å². The third-order valence-electron chi connectivity index (χ3n) is 1.70. The molecule has 15 heavy (non-hydrogen) atoms. The van der Waals surface area contributed by atoms with Crippen molar-refractivity contribution < 1.29 is 19.8 Å². The molecule has 0 aliphatic rings. The number of amides is 2. The molecule has 6 N–H and O–H groups in total. The number of rotatable bonds is 5. The fourth-order valence-electron chi connectivity index (χ4n) is 0.765. The summed E-state index contributed by atoms with van der Waals surface area (Å²) in [4.78, 5) is 20.9. The van der Waals surface area contributed by atoms with Crippen molar-refractivity contribution in [2.45, 2.75) is 18.6 Å². The van der Waals surface area contributed by atoms with Gasteiger partial charge in [0.05, 0.1) is 6.10 Å². The first-order valence-electron chi connectivity index (χ1n) is 4.15. The minimum atomic E-state index is -1.84. The smallest absolute Gasteiger partial charge is 0.241 e. The van der Waals surface area contributed by atoms with Gasteiger partial charge in [-0.2, -0.15) is 0 Å². The predicted molar refractivity (Wildman–Crippen MR) is 53.3 cm³/mol. The highest BCUT2D eigenvalue weighted by molar-refractivity contribution is 5.87. The van der Waals surface area contributed by atoms with Gasteiger partial charge in [0.15, 0.2) is 0 Å². The molecule has 0 bridgehead atoms. The molecule has 1 atom stereocenters. The van der Waals surface area contributed by atoms with Crippen LogP contribution in [0, 0.1) is 0 Å². The van der Waals surface area contributed by atoms with Gasteiger partial charge in [0.1, 0.15) is 5.60 Å². The summed E-state index contributed by atoms with van der Waals surface area (Å²) in [6.45, 7) is 1.29. The van der Waals surface area contributed by atoms with Crippen LogP contribution in [0.3, 0.4) is 0 Å². The summed E-state index contributed by atoms with van der Waals surface area (Å²) < 4.78 is 0. The summed E-state index contributed by atoms with van der Waals surface area (Å²) >= 11 is 0. The monoisotopic (exact) mass is 214 g/mol. The van der Waals surface area contributed by atoms with Crippen LogP contribution in [0.25, 0.3) is 0 Å². The zero-order valence-electron chi connectivity index (χ0n) is 8.25. The van der Waals surface area contributed by atoms with Crippen LogP contribution < -0.4 is 11.5 Å². The van der Waals surface area contributed by atoms with E-state index >= 15 is 0 Å². The van der Waals surface area contributed by atoms with E-state index in [1.807, 2.05) is 0 Å². The lowest BCUT2D eigenvalue weighted by molar-refractivity contribution is -0.114. The van der Waals surface area contributed by atoms with E-state index in [0.717, 1.165) is 24.3 Å². The molecule has 1 unspecified atom stereocenters. The van der Waals surface area contributed by atoms with E-state index in [9.17, 15) is 19.8 Å². The molecular weight excluding hydrogens is 200 g/mol. The number of hydrogen-bond acceptors (Lipinski definition) is 4. The van der Waals surface area contributed by atoms with Crippen molar-refractivity contribution in [1.29, 1.82) is 0 Å². The summed E-state index contributed by atoms with van der Waals surface area (Å²) in [5.74, 6) is -1.55. The van der Waals surface area contributed by atoms with Crippen LogP contribution in [0.4, 0.5) is 0 Å². The van der Waals surface area contributed by atoms with Gasteiger partial charge >= 0.3 is 0 Å². The molecule has 0 aromatic carbocycles. The molecule has 0 saturated heterocycles. The molecule has 6 nitrogen and oxygen atoms in total. The summed E-state index contributed by atoms with van der Waals surface area (Å²) in [5, 5.41) is 19.0. The quantitative estimate of drug-likeness (QED) is 0.402. The van der Waals surface area contributed by atoms with Crippen LogP contribution in [0.1, 0.15) is 6.92 Å². The second-order valence-electron chi connectivity index (χ2n) is 3.03. The van der Waals surface area contributed by atoms with E-state index in [4.69, 9.17) is 11.5 Å². The normalized spacial score (nSPS) is 17.8. The van der Waals surface area contributed by atoms with Crippen LogP contribution in [0.2, 0.25) is 0 Å². The molecule has 0 heterocycles. The lowest BCUT2D eigenvalue weighted by atomic mass is 9.96. The Bertz CT molecular complexity index is 283. The van der Waals surface area contributed by atoms with Crippen molar-refractivity contribution in [2.24, 2.45) is 11.5 Å². The maximum atomic E-state index is 10.4. The fraction of sp³-hybridized carbons (Fsp3) is 0.333. The molecule has 0 radical (unpaired) electrons. The average Bonchev–Trinajstić information content (AvgIpc) is 2.11. The van der Waals surface area contributed by atoms with E-state index in [1.165, 1.54) is 6.92 Å². The van der Waals surface area contributed by atoms with Crippen molar-refractivity contribution in [2.75, 3.05) is 0 Å². The fourth-order valence-corrected chi connectivity index (χ4v) is 0.765. The van der Waals surface area contributed by atoms with Crippen molar-refractivity contribution in [3.8, 4) is 0 Å². The van der Waals surface area contributed by atoms with Gasteiger partial charge in [-0.15, -0.1) is 0 Å². The predicted octanol–water partition coefficient (Wildman–Crippen LogP) is -1.82. The van der Waals surface area contributed by atoms with Crippen LogP contribution in [-0.2, 0) is 9.59 Å². The number of carbonyl (C=O) groups excluding carboxylic acids is 2. The highest BCUT2D eigenvalue weighted by atomic mass is 16.3. The molecular formula is C9H14N2O4. The van der Waals surface area contributed by atoms with Crippen molar-refractivity contribution in [3.05, 3.63) is 24.3 Å². The molecule has 0 aliphatic heterocycles. The molecule has 0 fully saturated rings. The first kappa shape index (κ1) is 13.3. The summed E-state index contributed by atoms with van der Waals surface area (Å²) in [6.07, 6.45) is 2.53. The second-order valence-corrected chi connectivity index (χ2v) is 3.03. The van der Waals surface area contributed by atoms with Crippen LogP contribution in [0.5, 0.6) is 0 Å². The standard InChI is InChI=1S/C9H14N2O4/c1-6(12)9(15,4-2-7(10)13)5-3-8(11)14/h2-6,12,15H,1H3,(H2,10,13)(H2,11,14). The Kier molecular flexibility index (Phi) is 4.69. The minimum absolute atomic E-state index is 0.776. The highest BCUT2D eigenvalue weighted by Gasteiger charge is 2.26. The summed E-state index contributed by atoms with van der Waals surface area (Å²) in [7, 11) is 0. The largest absolute Gasteiger partial charge is 0.390 e. The maximum absolute atomic E-state index is 10.4. The van der Waals surface area contributed by atoms with E-state index in [0.29, 0.717) is 0 Å². The Morgan fingerprint density at radius 3 is 1.73 bits per heavy atom. The topological polar surface area (TPSA) is 127 Å². The zero-order chi connectivity index (χ0) is 12.1. The van der Waals surface area contributed by atoms with Crippen LogP contribution >= 0.6 is 0 Å². The molecule has 0 aliphatic carbocycles. The van der Waals surface area contributed by atoms with Gasteiger partial charge in [0.2, 0.25) is 11.8 Å². The maximum Gasteiger partial charge on any atom is 0.241 e. The van der Waals surface area contributed by atoms with Crippen LogP contribution in [0.15, 0.2) is 24.3 Å². The van der Waals surface area contributed by atoms with Crippen LogP contribution in [-0.4, -0.2) is 33.7 Å². The SMILES string of the molecule is CC(O)C(O)(C=CC(N)=O)C=CC(N)=O. The summed E-state index contributed by atoms with van der Waals surface area (Å²) in [6, 6.07) is 0. The second kappa shape index (κ2) is 5.28. The van der Waals surface area contributed by atoms with E-state index < -0.39 is 23.5 Å². The molecule has 2 amide bonds. The lowest BCUT2D eigenvalue weighted by Gasteiger charge is -2.23. The third kappa shape index (κ3) is 4.94. The third-order valence-corrected chi connectivity index (χ3v) is 1.70. The zero-order valence-corrected chi connectivity index (χ0v) is 8.25. The Balaban J connectivity index is 4.90. The van der Waals surface area contributed by atoms with Gasteiger partial charge in [0, 0.05) is 12.2 Å². The minimum Gasteiger partial charge on any atom is -0.390 e. The number of hydrogen-bond donors (Lipinski definition) is 4. The number of primary amides is 2. The van der Waals surface area contributed by atoms with E-state index in [2.05, 4.69) is 0 Å². The van der Waals surface area contributed by atoms with E-state index in [1.54, 1.807) is 0 Å². The Morgan fingerprint density at radius 1 is 1.20 bits per heavy atom. The molecule has 0 aromatic rings. The molecule has 0 spiro atoms. The average molecular weight is 214 g/mol. The molecule has 0 rings (SSSR count). The number of carbonyl (C=O) groups is 2. The molecule has 6 heteroatoms. The molecule has 0 aromatic heterocycles. The highest BCUT2D eigenvalue weighted by Crippen LogP contribution is 2.14. The van der Waals surface area contributed by atoms with Gasteiger partial charge in [-0.05, 0) is 19.1 Å². The first-order valence-corrected chi connectivity index (χ1v) is 4.15. The van der Waals surface area contributed by atoms with Crippen molar-refractivity contribution >= 4 is 11.8 Å². The number of nitrogens with two attached hydrogens (primary N) is 2. The first-order chi connectivity index (χ1) is 6.78. The Morgan fingerprint density at radius 2 is 1.53 bits per heavy atom. The Hall–Kier alpha value is -1.66. The van der Waals surface area contributed by atoms with Gasteiger partial charge in [-0.3, -0.25) is 9.59 Å².